The molecule has 0 unspecified atom stereocenters. The van der Waals surface area contributed by atoms with E-state index in [9.17, 15) is 4.79 Å². The summed E-state index contributed by atoms with van der Waals surface area (Å²) in [5.41, 5.74) is -0.0757. The Kier molecular flexibility index (Phi) is 6.32. The highest BCUT2D eigenvalue weighted by atomic mass is 79.9. The molecule has 0 bridgehead atoms. The van der Waals surface area contributed by atoms with Gasteiger partial charge in [0.15, 0.2) is 6.61 Å². The average Bonchev–Trinajstić information content (AvgIpc) is 3.03. The number of carbonyl (C=O) groups is 1. The minimum absolute atomic E-state index is 0.0757. The van der Waals surface area contributed by atoms with Gasteiger partial charge in [-0.3, -0.25) is 4.79 Å². The summed E-state index contributed by atoms with van der Waals surface area (Å²) in [7, 11) is 0. The van der Waals surface area contributed by atoms with Crippen LogP contribution in [0.15, 0.2) is 39.8 Å². The second kappa shape index (κ2) is 8.03. The molecule has 0 saturated heterocycles. The fourth-order valence-corrected chi connectivity index (χ4v) is 3.08. The van der Waals surface area contributed by atoms with E-state index in [2.05, 4.69) is 57.5 Å². The smallest absolute Gasteiger partial charge is 0.311 e. The first kappa shape index (κ1) is 18.1. The predicted octanol–water partition coefficient (Wildman–Crippen LogP) is 4.52. The lowest BCUT2D eigenvalue weighted by Crippen LogP contribution is -2.11. The Morgan fingerprint density at radius 3 is 2.52 bits per heavy atom. The van der Waals surface area contributed by atoms with Gasteiger partial charge in [-0.05, 0) is 55.3 Å². The molecule has 0 heterocycles. The molecule has 0 amide bonds. The Labute approximate surface area is 153 Å². The molecule has 1 fully saturated rings. The van der Waals surface area contributed by atoms with E-state index in [4.69, 9.17) is 9.47 Å². The Morgan fingerprint density at radius 1 is 1.22 bits per heavy atom. The van der Waals surface area contributed by atoms with Crippen LogP contribution >= 0.6 is 31.9 Å². The number of ether oxygens (including phenoxy) is 2. The van der Waals surface area contributed by atoms with Crippen molar-refractivity contribution in [2.45, 2.75) is 13.8 Å². The lowest BCUT2D eigenvalue weighted by molar-refractivity contribution is -0.144. The van der Waals surface area contributed by atoms with Gasteiger partial charge in [-0.2, -0.15) is 0 Å². The number of benzene rings is 1. The van der Waals surface area contributed by atoms with E-state index in [1.807, 2.05) is 36.4 Å². The third kappa shape index (κ3) is 5.12. The van der Waals surface area contributed by atoms with Crippen molar-refractivity contribution in [3.63, 3.8) is 0 Å². The van der Waals surface area contributed by atoms with E-state index < -0.39 is 0 Å². The molecular formula is C18H18Br2O3. The van der Waals surface area contributed by atoms with Crippen LogP contribution in [0.4, 0.5) is 0 Å². The summed E-state index contributed by atoms with van der Waals surface area (Å²) < 4.78 is 11.5. The number of para-hydroxylation sites is 1. The van der Waals surface area contributed by atoms with Crippen molar-refractivity contribution in [2.75, 3.05) is 13.2 Å². The fourth-order valence-electron chi connectivity index (χ4n) is 2.51. The second-order valence-corrected chi connectivity index (χ2v) is 8.62. The van der Waals surface area contributed by atoms with E-state index in [-0.39, 0.29) is 36.4 Å². The molecule has 0 N–H and O–H groups in total. The molecule has 0 aromatic heterocycles. The maximum atomic E-state index is 12.1. The molecule has 1 aromatic rings. The first-order chi connectivity index (χ1) is 10.9. The molecule has 122 valence electrons. The predicted molar refractivity (Wildman–Crippen MR) is 97.4 cm³/mol. The van der Waals surface area contributed by atoms with Gasteiger partial charge in [0.25, 0.3) is 0 Å². The zero-order chi connectivity index (χ0) is 16.9. The topological polar surface area (TPSA) is 35.5 Å². The highest BCUT2D eigenvalue weighted by molar-refractivity contribution is 9.28. The van der Waals surface area contributed by atoms with Crippen molar-refractivity contribution in [1.82, 2.24) is 0 Å². The monoisotopic (exact) mass is 440 g/mol. The van der Waals surface area contributed by atoms with Gasteiger partial charge in [-0.25, -0.2) is 0 Å². The van der Waals surface area contributed by atoms with Crippen LogP contribution < -0.4 is 4.74 Å². The third-order valence-electron chi connectivity index (χ3n) is 3.94. The zero-order valence-electron chi connectivity index (χ0n) is 13.0. The van der Waals surface area contributed by atoms with Gasteiger partial charge in [-0.15, -0.1) is 0 Å². The molecule has 5 heteroatoms. The van der Waals surface area contributed by atoms with E-state index in [1.165, 1.54) is 0 Å². The van der Waals surface area contributed by atoms with Gasteiger partial charge in [-0.1, -0.05) is 50.0 Å². The van der Waals surface area contributed by atoms with Gasteiger partial charge < -0.3 is 9.47 Å². The molecule has 0 spiro atoms. The SMILES string of the molecule is CC1(C)[C@H](C(=O)OCC#CCOc2ccccc2)[C@@H]1C=C(Br)Br. The third-order valence-corrected chi connectivity index (χ3v) is 4.46. The summed E-state index contributed by atoms with van der Waals surface area (Å²) in [6, 6.07) is 9.46. The zero-order valence-corrected chi connectivity index (χ0v) is 16.2. The van der Waals surface area contributed by atoms with E-state index in [0.29, 0.717) is 0 Å². The molecule has 23 heavy (non-hydrogen) atoms. The van der Waals surface area contributed by atoms with Crippen LogP contribution in [0.5, 0.6) is 5.75 Å². The summed E-state index contributed by atoms with van der Waals surface area (Å²) in [4.78, 5) is 12.1. The largest absolute Gasteiger partial charge is 0.481 e. The summed E-state index contributed by atoms with van der Waals surface area (Å²) >= 11 is 6.67. The fraction of sp³-hybridized carbons (Fsp3) is 0.389. The van der Waals surface area contributed by atoms with Crippen LogP contribution in [0.25, 0.3) is 0 Å². The summed E-state index contributed by atoms with van der Waals surface area (Å²) in [5, 5.41) is 0. The van der Waals surface area contributed by atoms with E-state index in [0.717, 1.165) is 9.14 Å². The Morgan fingerprint density at radius 2 is 1.87 bits per heavy atom. The number of rotatable bonds is 5. The van der Waals surface area contributed by atoms with Crippen LogP contribution in [0, 0.1) is 29.1 Å². The molecule has 2 atom stereocenters. The van der Waals surface area contributed by atoms with Gasteiger partial charge >= 0.3 is 5.97 Å². The van der Waals surface area contributed by atoms with Crippen molar-refractivity contribution in [2.24, 2.45) is 17.3 Å². The second-order valence-electron chi connectivity index (χ2n) is 5.84. The maximum absolute atomic E-state index is 12.1. The average molecular weight is 442 g/mol. The lowest BCUT2D eigenvalue weighted by Gasteiger charge is -2.02. The Hall–Kier alpha value is -1.25. The first-order valence-corrected chi connectivity index (χ1v) is 8.84. The number of esters is 1. The number of hydrogen-bond acceptors (Lipinski definition) is 3. The van der Waals surface area contributed by atoms with Gasteiger partial charge in [0.1, 0.15) is 12.4 Å². The molecule has 1 saturated carbocycles. The van der Waals surface area contributed by atoms with Crippen LogP contribution in [-0.4, -0.2) is 19.2 Å². The molecule has 1 aromatic carbocycles. The van der Waals surface area contributed by atoms with Gasteiger partial charge in [0.05, 0.1) is 9.31 Å². The van der Waals surface area contributed by atoms with Crippen LogP contribution in [0.2, 0.25) is 0 Å². The van der Waals surface area contributed by atoms with Crippen molar-refractivity contribution in [1.29, 1.82) is 0 Å². The Bertz CT molecular complexity index is 637. The minimum Gasteiger partial charge on any atom is -0.481 e. The molecule has 3 nitrogen and oxygen atoms in total. The molecular weight excluding hydrogens is 424 g/mol. The van der Waals surface area contributed by atoms with Crippen molar-refractivity contribution in [3.8, 4) is 17.6 Å². The van der Waals surface area contributed by atoms with E-state index in [1.54, 1.807) is 0 Å². The number of carbonyl (C=O) groups excluding carboxylic acids is 1. The molecule has 1 aliphatic rings. The molecule has 0 radical (unpaired) electrons. The van der Waals surface area contributed by atoms with Gasteiger partial charge in [0, 0.05) is 0 Å². The normalized spacial score (nSPS) is 20.7. The quantitative estimate of drug-likeness (QED) is 0.497. The van der Waals surface area contributed by atoms with Crippen LogP contribution in [0.3, 0.4) is 0 Å². The van der Waals surface area contributed by atoms with Crippen molar-refractivity contribution in [3.05, 3.63) is 39.8 Å². The maximum Gasteiger partial charge on any atom is 0.311 e. The number of hydrogen-bond donors (Lipinski definition) is 0. The summed E-state index contributed by atoms with van der Waals surface area (Å²) in [6.07, 6.45) is 1.99. The molecule has 0 aliphatic heterocycles. The van der Waals surface area contributed by atoms with E-state index >= 15 is 0 Å². The standard InChI is InChI=1S/C18H18Br2O3/c1-18(2)14(12-15(19)20)16(18)17(21)23-11-7-6-10-22-13-8-4-3-5-9-13/h3-5,8-9,12,14,16H,10-11H2,1-2H3/t14-,16-/m0/s1. The Balaban J connectivity index is 1.72. The summed E-state index contributed by atoms with van der Waals surface area (Å²) in [6.45, 7) is 4.48. The number of halogens is 2. The molecule has 1 aliphatic carbocycles. The van der Waals surface area contributed by atoms with Crippen molar-refractivity contribution < 1.29 is 14.3 Å². The number of allylic oxidation sites excluding steroid dienone is 1. The minimum atomic E-state index is -0.198. The highest BCUT2D eigenvalue weighted by Crippen LogP contribution is 2.60. The van der Waals surface area contributed by atoms with Crippen LogP contribution in [-0.2, 0) is 9.53 Å². The molecule has 2 rings (SSSR count). The lowest BCUT2D eigenvalue weighted by atomic mass is 10.1. The first-order valence-electron chi connectivity index (χ1n) is 7.26. The van der Waals surface area contributed by atoms with Crippen LogP contribution in [0.1, 0.15) is 13.8 Å². The summed E-state index contributed by atoms with van der Waals surface area (Å²) in [5.74, 6) is 6.27. The highest BCUT2D eigenvalue weighted by Gasteiger charge is 2.61. The van der Waals surface area contributed by atoms with Gasteiger partial charge in [0.2, 0.25) is 0 Å². The van der Waals surface area contributed by atoms with Crippen molar-refractivity contribution >= 4 is 37.8 Å².